The molecule has 0 spiro atoms. The SMILES string of the molecule is c1ccc(-c2ccccc2N(c2ccc3nn(-c4ccc5c(c4)oc4ccccc45)nc3c2)c2ccc3c(c2)oc2ccccc23)cc1.c1ccc(-c2nc3ccc4ccc5ccc(N(c6ccc7nn(-c8ccccc8)nc7c6)c6ccc7c(c6)oc6ccccc67)cc5c4c3o2)cc1.c1ccc(N(c2ccc3nn(-c4ccccc4)nc3c2)c2ccc3c(c2)oc2ccccc23)cc1. The molecule has 8 heterocycles. The van der Waals surface area contributed by atoms with E-state index in [0.717, 1.165) is 238 Å². The molecule has 0 atom stereocenters. The summed E-state index contributed by atoms with van der Waals surface area (Å²) in [4.78, 5) is 16.7. The summed E-state index contributed by atoms with van der Waals surface area (Å²) in [5.41, 5.74) is 28.1. The zero-order chi connectivity index (χ0) is 89.0. The Morgan fingerprint density at radius 1 is 0.193 bits per heavy atom. The Labute approximate surface area is 769 Å². The first-order valence-electron chi connectivity index (χ1n) is 44.6. The van der Waals surface area contributed by atoms with Gasteiger partial charge in [0.15, 0.2) is 5.58 Å². The third-order valence-electron chi connectivity index (χ3n) is 25.2. The second-order valence-electron chi connectivity index (χ2n) is 33.4. The predicted molar refractivity (Wildman–Crippen MR) is 543 cm³/mol. The highest BCUT2D eigenvalue weighted by Gasteiger charge is 2.26. The molecule has 8 aromatic heterocycles. The van der Waals surface area contributed by atoms with E-state index >= 15 is 0 Å². The van der Waals surface area contributed by atoms with Crippen molar-refractivity contribution in [3.63, 3.8) is 0 Å². The van der Waals surface area contributed by atoms with Crippen molar-refractivity contribution >= 4 is 205 Å². The number of aromatic nitrogens is 10. The molecule has 0 amide bonds. The number of para-hydroxylation sites is 8. The fourth-order valence-electron chi connectivity index (χ4n) is 18.8. The zero-order valence-electron chi connectivity index (χ0n) is 72.0. The van der Waals surface area contributed by atoms with E-state index in [4.69, 9.17) is 52.6 Å². The molecule has 28 rings (SSSR count). The topological polar surface area (TPSA) is 180 Å². The predicted octanol–water partition coefficient (Wildman–Crippen LogP) is 31.1. The second kappa shape index (κ2) is 32.1. The van der Waals surface area contributed by atoms with Crippen molar-refractivity contribution in [2.45, 2.75) is 0 Å². The van der Waals surface area contributed by atoms with E-state index in [9.17, 15) is 0 Å². The summed E-state index contributed by atoms with van der Waals surface area (Å²) in [5.74, 6) is 0.605. The summed E-state index contributed by atoms with van der Waals surface area (Å²) in [6.07, 6.45) is 0. The van der Waals surface area contributed by atoms with Gasteiger partial charge in [0.2, 0.25) is 5.89 Å². The first-order chi connectivity index (χ1) is 66.8. The third kappa shape index (κ3) is 13.9. The molecule has 0 bridgehead atoms. The highest BCUT2D eigenvalue weighted by atomic mass is 16.4. The minimum atomic E-state index is 0.605. The Kier molecular flexibility index (Phi) is 18.4. The van der Waals surface area contributed by atoms with Crippen molar-refractivity contribution in [2.24, 2.45) is 0 Å². The number of oxazole rings is 1. The number of benzene rings is 20. The number of fused-ring (bicyclic) bond motifs is 20. The fourth-order valence-corrected chi connectivity index (χ4v) is 18.8. The average Bonchev–Trinajstić information content (AvgIpc) is 1.74. The summed E-state index contributed by atoms with van der Waals surface area (Å²) in [6, 6.07) is 151. The second-order valence-corrected chi connectivity index (χ2v) is 33.4. The van der Waals surface area contributed by atoms with Crippen LogP contribution < -0.4 is 14.7 Å². The van der Waals surface area contributed by atoms with Crippen molar-refractivity contribution in [1.29, 1.82) is 0 Å². The van der Waals surface area contributed by atoms with Crippen molar-refractivity contribution in [2.75, 3.05) is 14.7 Å². The highest BCUT2D eigenvalue weighted by Crippen LogP contribution is 2.48. The molecule has 18 nitrogen and oxygen atoms in total. The summed E-state index contributed by atoms with van der Waals surface area (Å²) < 4.78 is 31.6. The van der Waals surface area contributed by atoms with E-state index in [-0.39, 0.29) is 0 Å². The van der Waals surface area contributed by atoms with E-state index < -0.39 is 0 Å². The Hall–Kier alpha value is -18.8. The first-order valence-corrected chi connectivity index (χ1v) is 44.6. The monoisotopic (exact) mass is 1740 g/mol. The van der Waals surface area contributed by atoms with Crippen LogP contribution in [0.2, 0.25) is 0 Å². The number of hydrogen-bond acceptors (Lipinski definition) is 15. The van der Waals surface area contributed by atoms with Crippen molar-refractivity contribution in [3.05, 3.63) is 443 Å². The van der Waals surface area contributed by atoms with Gasteiger partial charge in [0.05, 0.1) is 22.7 Å². The molecule has 0 saturated heterocycles. The van der Waals surface area contributed by atoms with E-state index in [0.29, 0.717) is 5.89 Å². The van der Waals surface area contributed by atoms with Gasteiger partial charge in [-0.15, -0.1) is 30.6 Å². The van der Waals surface area contributed by atoms with Crippen LogP contribution in [0.4, 0.5) is 51.2 Å². The lowest BCUT2D eigenvalue weighted by molar-refractivity contribution is 0.623. The lowest BCUT2D eigenvalue weighted by atomic mass is 10.00. The summed E-state index contributed by atoms with van der Waals surface area (Å²) in [7, 11) is 0. The molecule has 0 radical (unpaired) electrons. The number of rotatable bonds is 14. The molecule has 0 fully saturated rings. The van der Waals surface area contributed by atoms with E-state index in [1.54, 1.807) is 14.4 Å². The third-order valence-corrected chi connectivity index (χ3v) is 25.2. The molecule has 0 aliphatic rings. The molecule has 0 saturated carbocycles. The van der Waals surface area contributed by atoms with E-state index in [1.165, 1.54) is 0 Å². The van der Waals surface area contributed by atoms with Gasteiger partial charge in [-0.1, -0.05) is 218 Å². The van der Waals surface area contributed by atoms with Crippen LogP contribution in [0, 0.1) is 0 Å². The molecule has 636 valence electrons. The maximum absolute atomic E-state index is 6.55. The maximum Gasteiger partial charge on any atom is 0.227 e. The van der Waals surface area contributed by atoms with Crippen LogP contribution in [-0.2, 0) is 0 Å². The Balaban J connectivity index is 0.000000107. The zero-order valence-corrected chi connectivity index (χ0v) is 72.0. The molecule has 28 aromatic rings. The van der Waals surface area contributed by atoms with Crippen LogP contribution in [0.15, 0.2) is 465 Å². The Morgan fingerprint density at radius 2 is 0.526 bits per heavy atom. The van der Waals surface area contributed by atoms with Crippen LogP contribution in [-0.4, -0.2) is 50.0 Å². The molecule has 0 aliphatic carbocycles. The summed E-state index contributed by atoms with van der Waals surface area (Å²) in [6.45, 7) is 0. The van der Waals surface area contributed by atoms with Crippen molar-refractivity contribution < 1.29 is 22.1 Å². The van der Waals surface area contributed by atoms with Crippen LogP contribution in [0.3, 0.4) is 0 Å². The highest BCUT2D eigenvalue weighted by molar-refractivity contribution is 6.19. The maximum atomic E-state index is 6.55. The van der Waals surface area contributed by atoms with Gasteiger partial charge in [-0.3, -0.25) is 0 Å². The quantitative estimate of drug-likeness (QED) is 0.0937. The van der Waals surface area contributed by atoms with Gasteiger partial charge in [-0.25, -0.2) is 4.98 Å². The number of anilines is 9. The smallest absolute Gasteiger partial charge is 0.227 e. The number of nitrogens with zero attached hydrogens (tertiary/aromatic N) is 13. The Bertz CT molecular complexity index is 9450. The number of furan rings is 4. The van der Waals surface area contributed by atoms with Gasteiger partial charge in [0.1, 0.15) is 83.3 Å². The van der Waals surface area contributed by atoms with Gasteiger partial charge in [0.25, 0.3) is 0 Å². The molecule has 18 heteroatoms. The largest absolute Gasteiger partial charge is 0.456 e. The van der Waals surface area contributed by atoms with E-state index in [2.05, 4.69) is 238 Å². The molecular formula is C117H73N13O5. The van der Waals surface area contributed by atoms with Crippen LogP contribution >= 0.6 is 0 Å². The van der Waals surface area contributed by atoms with Gasteiger partial charge in [0, 0.05) is 129 Å². The van der Waals surface area contributed by atoms with E-state index in [1.807, 2.05) is 224 Å². The standard InChI is InChI=1S/C45H27N5O2.C42H26N4O2.C30H20N4O/c1-3-9-30(10-4-1)45-46-39-23-18-29-16-15-28-17-19-32(25-37(28)43(29)44(39)52-45)49(34-20-22-36-35-13-7-8-14-41(35)51-42(36)27-34)33-21-24-38-40(26-33)48-50(47-38)31-11-5-2-6-12-31;1-2-10-27(11-3-1)31-12-4-7-15-38(31)45(29-18-21-34-32-13-5-8-16-39(32)47-41(34)25-29)28-20-23-36-37(24-28)44-46(43-36)30-19-22-35-33-14-6-9-17-40(33)48-42(35)26-30;1-3-9-21(10-4-1)33(24-15-17-26-25-13-7-8-14-29(25)35-30(26)20-24)23-16-18-27-28(19-23)32-34(31-27)22-11-5-2-6-12-22/h1-27H;1-26H;1-20H. The molecule has 0 aliphatic heterocycles. The molecule has 0 N–H and O–H groups in total. The summed E-state index contributed by atoms with van der Waals surface area (Å²) >= 11 is 0. The average molecular weight is 1740 g/mol. The lowest BCUT2D eigenvalue weighted by Crippen LogP contribution is -2.11. The summed E-state index contributed by atoms with van der Waals surface area (Å²) in [5, 5.41) is 41.9. The molecular weight excluding hydrogens is 1670 g/mol. The minimum Gasteiger partial charge on any atom is -0.456 e. The minimum absolute atomic E-state index is 0.605. The first kappa shape index (κ1) is 77.3. The van der Waals surface area contributed by atoms with Gasteiger partial charge >= 0.3 is 0 Å². The van der Waals surface area contributed by atoms with Crippen LogP contribution in [0.5, 0.6) is 0 Å². The fraction of sp³-hybridized carbons (Fsp3) is 0. The normalized spacial score (nSPS) is 11.7. The van der Waals surface area contributed by atoms with Crippen LogP contribution in [0.25, 0.3) is 193 Å². The number of hydrogen-bond donors (Lipinski definition) is 0. The molecule has 135 heavy (non-hydrogen) atoms. The molecule has 20 aromatic carbocycles. The van der Waals surface area contributed by atoms with Crippen molar-refractivity contribution in [3.8, 4) is 39.6 Å². The van der Waals surface area contributed by atoms with Gasteiger partial charge in [-0.2, -0.15) is 14.4 Å². The molecule has 0 unspecified atom stereocenters. The van der Waals surface area contributed by atoms with Gasteiger partial charge < -0.3 is 36.8 Å². The van der Waals surface area contributed by atoms with Gasteiger partial charge in [-0.05, 0) is 222 Å². The lowest BCUT2D eigenvalue weighted by Gasteiger charge is -2.27. The Morgan fingerprint density at radius 3 is 1.03 bits per heavy atom. The van der Waals surface area contributed by atoms with Crippen LogP contribution in [0.1, 0.15) is 0 Å². The van der Waals surface area contributed by atoms with Crippen molar-refractivity contribution in [1.82, 2.24) is 50.0 Å².